The molecule has 0 fully saturated rings. The van der Waals surface area contributed by atoms with Crippen molar-refractivity contribution in [1.29, 1.82) is 0 Å². The molecule has 0 radical (unpaired) electrons. The van der Waals surface area contributed by atoms with Gasteiger partial charge in [0.1, 0.15) is 7.14 Å². The number of aryl methyl sites for hydroxylation is 1. The van der Waals surface area contributed by atoms with Gasteiger partial charge in [-0.1, -0.05) is 127 Å². The van der Waals surface area contributed by atoms with Gasteiger partial charge in [0, 0.05) is 10.6 Å². The van der Waals surface area contributed by atoms with Gasteiger partial charge in [0.15, 0.2) is 0 Å². The standard InChI is InChI=1S/C31H27OP2.C5H5.Fe/c1-2-25-15-12-13-22-29(25)33(26-16-6-3-7-17-26)30-23-14-24-31(30)34(32,27-18-8-4-9-19-27)28-20-10-5-11-21-28;1-2-4-5-3-1;/h3-24H,2H2,1H3;1-5H;/q2*-1;+2. The SMILES string of the molecule is CCc1ccccc1P(c1ccccc1)c1ccc[c-]1P(=O)(c1ccccc1)c1ccccc1.[Fe+2].c1cc[cH-]c1. The second kappa shape index (κ2) is 14.4. The van der Waals surface area contributed by atoms with Crippen molar-refractivity contribution in [2.45, 2.75) is 13.3 Å². The summed E-state index contributed by atoms with van der Waals surface area (Å²) in [6.45, 7) is 2.21. The van der Waals surface area contributed by atoms with Crippen LogP contribution in [0.3, 0.4) is 0 Å². The fourth-order valence-corrected chi connectivity index (χ4v) is 10.9. The Morgan fingerprint density at radius 2 is 1.18 bits per heavy atom. The van der Waals surface area contributed by atoms with Gasteiger partial charge in [0.05, 0.1) is 0 Å². The van der Waals surface area contributed by atoms with Gasteiger partial charge in [0.2, 0.25) is 0 Å². The molecule has 0 heterocycles. The Morgan fingerprint density at radius 1 is 0.650 bits per heavy atom. The Labute approximate surface area is 250 Å². The van der Waals surface area contributed by atoms with Gasteiger partial charge < -0.3 is 4.57 Å². The fourth-order valence-electron chi connectivity index (χ4n) is 4.89. The van der Waals surface area contributed by atoms with Crippen LogP contribution in [0.2, 0.25) is 0 Å². The van der Waals surface area contributed by atoms with Crippen LogP contribution in [0.25, 0.3) is 0 Å². The van der Waals surface area contributed by atoms with Crippen LogP contribution in [0.5, 0.6) is 0 Å². The fraction of sp³-hybridized carbons (Fsp3) is 0.0556. The molecule has 0 saturated carbocycles. The van der Waals surface area contributed by atoms with Crippen LogP contribution in [0, 0.1) is 0 Å². The summed E-state index contributed by atoms with van der Waals surface area (Å²) in [6, 6.07) is 55.7. The topological polar surface area (TPSA) is 17.1 Å². The second-order valence-electron chi connectivity index (χ2n) is 9.19. The maximum Gasteiger partial charge on any atom is 2.00 e. The molecule has 200 valence electrons. The van der Waals surface area contributed by atoms with E-state index in [2.05, 4.69) is 79.7 Å². The Bertz CT molecular complexity index is 1550. The Kier molecular flexibility index (Phi) is 10.7. The maximum absolute atomic E-state index is 15.2. The molecule has 0 spiro atoms. The third-order valence-electron chi connectivity index (χ3n) is 6.77. The van der Waals surface area contributed by atoms with Crippen LogP contribution in [0.4, 0.5) is 0 Å². The van der Waals surface area contributed by atoms with Gasteiger partial charge in [0.25, 0.3) is 0 Å². The first-order valence-electron chi connectivity index (χ1n) is 13.3. The summed E-state index contributed by atoms with van der Waals surface area (Å²) in [7, 11) is -3.94. The Balaban J connectivity index is 0.000000557. The first-order chi connectivity index (χ1) is 19.2. The van der Waals surface area contributed by atoms with E-state index in [1.807, 2.05) is 91.0 Å². The molecule has 1 unspecified atom stereocenters. The van der Waals surface area contributed by atoms with Crippen molar-refractivity contribution in [2.75, 3.05) is 0 Å². The van der Waals surface area contributed by atoms with Crippen LogP contribution in [-0.2, 0) is 28.1 Å². The van der Waals surface area contributed by atoms with E-state index in [-0.39, 0.29) is 17.1 Å². The summed E-state index contributed by atoms with van der Waals surface area (Å²) < 4.78 is 15.2. The van der Waals surface area contributed by atoms with Gasteiger partial charge >= 0.3 is 17.1 Å². The summed E-state index contributed by atoms with van der Waals surface area (Å²) in [6.07, 6.45) is 0.965. The molecule has 0 N–H and O–H groups in total. The molecule has 6 rings (SSSR count). The first kappa shape index (κ1) is 29.7. The van der Waals surface area contributed by atoms with Crippen molar-refractivity contribution in [3.05, 3.63) is 169 Å². The van der Waals surface area contributed by atoms with Crippen molar-refractivity contribution >= 4 is 46.9 Å². The van der Waals surface area contributed by atoms with Gasteiger partial charge in [-0.05, 0) is 30.5 Å². The van der Waals surface area contributed by atoms with E-state index in [0.717, 1.165) is 22.3 Å². The van der Waals surface area contributed by atoms with Crippen molar-refractivity contribution in [2.24, 2.45) is 0 Å². The molecule has 0 aromatic heterocycles. The first-order valence-corrected chi connectivity index (χ1v) is 16.4. The third kappa shape index (κ3) is 6.39. The predicted molar refractivity (Wildman–Crippen MR) is 172 cm³/mol. The summed E-state index contributed by atoms with van der Waals surface area (Å²) in [4.78, 5) is 0. The molecule has 0 saturated heterocycles. The van der Waals surface area contributed by atoms with Crippen LogP contribution < -0.4 is 31.8 Å². The predicted octanol–water partition coefficient (Wildman–Crippen LogP) is 6.77. The van der Waals surface area contributed by atoms with E-state index in [9.17, 15) is 0 Å². The summed E-state index contributed by atoms with van der Waals surface area (Å²) in [5.41, 5.74) is 1.35. The molecule has 0 amide bonds. The molecule has 4 heteroatoms. The van der Waals surface area contributed by atoms with E-state index < -0.39 is 15.1 Å². The minimum atomic E-state index is -3.07. The van der Waals surface area contributed by atoms with Crippen LogP contribution in [-0.4, -0.2) is 0 Å². The van der Waals surface area contributed by atoms with Gasteiger partial charge in [-0.3, -0.25) is 0 Å². The smallest absolute Gasteiger partial charge is 0.322 e. The summed E-state index contributed by atoms with van der Waals surface area (Å²) >= 11 is 0. The van der Waals surface area contributed by atoms with E-state index in [0.29, 0.717) is 0 Å². The number of hydrogen-bond donors (Lipinski definition) is 0. The molecule has 1 atom stereocenters. The molecule has 0 aliphatic carbocycles. The zero-order chi connectivity index (χ0) is 26.9. The van der Waals surface area contributed by atoms with E-state index in [4.69, 9.17) is 0 Å². The van der Waals surface area contributed by atoms with Crippen LogP contribution in [0.1, 0.15) is 12.5 Å². The zero-order valence-electron chi connectivity index (χ0n) is 22.5. The minimum absolute atomic E-state index is 0. The van der Waals surface area contributed by atoms with Crippen molar-refractivity contribution in [3.8, 4) is 0 Å². The third-order valence-corrected chi connectivity index (χ3v) is 12.7. The zero-order valence-corrected chi connectivity index (χ0v) is 25.3. The Morgan fingerprint density at radius 3 is 1.70 bits per heavy atom. The van der Waals surface area contributed by atoms with E-state index >= 15 is 4.57 Å². The van der Waals surface area contributed by atoms with Crippen molar-refractivity contribution < 1.29 is 21.6 Å². The molecule has 40 heavy (non-hydrogen) atoms. The van der Waals surface area contributed by atoms with Crippen LogP contribution in [0.15, 0.2) is 164 Å². The molecule has 1 nitrogen and oxygen atoms in total. The molecule has 0 bridgehead atoms. The van der Waals surface area contributed by atoms with Crippen molar-refractivity contribution in [1.82, 2.24) is 0 Å². The van der Waals surface area contributed by atoms with Crippen molar-refractivity contribution in [3.63, 3.8) is 0 Å². The average molecular weight is 598 g/mol. The quantitative estimate of drug-likeness (QED) is 0.113. The monoisotopic (exact) mass is 598 g/mol. The molecule has 0 aliphatic rings. The molecule has 0 aliphatic heterocycles. The Hall–Kier alpha value is -3.24. The number of hydrogen-bond acceptors (Lipinski definition) is 1. The minimum Gasteiger partial charge on any atom is -0.322 e. The second-order valence-corrected chi connectivity index (χ2v) is 14.1. The van der Waals surface area contributed by atoms with Gasteiger partial charge in [-0.25, -0.2) is 24.3 Å². The number of rotatable bonds is 7. The largest absolute Gasteiger partial charge is 2.00 e. The molecular formula is C36H32FeOP2. The number of benzene rings is 4. The average Bonchev–Trinajstić information content (AvgIpc) is 3.75. The van der Waals surface area contributed by atoms with Gasteiger partial charge in [-0.15, -0.1) is 5.30 Å². The van der Waals surface area contributed by atoms with Crippen LogP contribution >= 0.6 is 15.1 Å². The maximum atomic E-state index is 15.2. The van der Waals surface area contributed by atoms with Gasteiger partial charge in [-0.2, -0.15) is 24.3 Å². The normalized spacial score (nSPS) is 11.5. The summed E-state index contributed by atoms with van der Waals surface area (Å²) in [5, 5.41) is 6.50. The molecule has 6 aromatic rings. The van der Waals surface area contributed by atoms with E-state index in [1.165, 1.54) is 21.5 Å². The summed E-state index contributed by atoms with van der Waals surface area (Å²) in [5.74, 6) is 0. The molecular weight excluding hydrogens is 566 g/mol. The van der Waals surface area contributed by atoms with E-state index in [1.54, 1.807) is 0 Å². The molecule has 6 aromatic carbocycles.